The number of aromatic nitrogens is 3. The second kappa shape index (κ2) is 5.86. The SMILES string of the molecule is Cc1ccc2c(c1)[nH]c1c(=O)n(/N=C/c3cc(Br)ccc3O)cnc12. The molecule has 0 saturated heterocycles. The van der Waals surface area contributed by atoms with Gasteiger partial charge in [0.2, 0.25) is 0 Å². The van der Waals surface area contributed by atoms with Gasteiger partial charge < -0.3 is 10.1 Å². The molecular weight excluding hydrogens is 384 g/mol. The monoisotopic (exact) mass is 396 g/mol. The van der Waals surface area contributed by atoms with Gasteiger partial charge in [-0.2, -0.15) is 9.78 Å². The average molecular weight is 397 g/mol. The van der Waals surface area contributed by atoms with Crippen LogP contribution in [0, 0.1) is 6.92 Å². The molecule has 2 heterocycles. The standard InChI is InChI=1S/C18H13BrN4O2/c1-10-2-4-13-14(6-10)22-17-16(13)20-9-23(18(17)25)21-8-11-7-12(19)3-5-15(11)24/h2-9,22,24H,1H3/b21-8+. The predicted octanol–water partition coefficient (Wildman–Crippen LogP) is 3.54. The van der Waals surface area contributed by atoms with Crippen LogP contribution in [0.15, 0.2) is 57.1 Å². The number of rotatable bonds is 2. The highest BCUT2D eigenvalue weighted by molar-refractivity contribution is 9.10. The summed E-state index contributed by atoms with van der Waals surface area (Å²) in [6, 6.07) is 10.9. The number of phenolic OH excluding ortho intramolecular Hbond substituents is 1. The number of aromatic amines is 1. The molecule has 2 N–H and O–H groups in total. The summed E-state index contributed by atoms with van der Waals surface area (Å²) in [5.74, 6) is 0.0788. The van der Waals surface area contributed by atoms with E-state index in [1.165, 1.54) is 12.5 Å². The van der Waals surface area contributed by atoms with Crippen molar-refractivity contribution in [2.75, 3.05) is 0 Å². The summed E-state index contributed by atoms with van der Waals surface area (Å²) in [6.45, 7) is 1.99. The van der Waals surface area contributed by atoms with Gasteiger partial charge in [0.05, 0.1) is 6.21 Å². The normalized spacial score (nSPS) is 11.8. The molecule has 0 fully saturated rings. The number of nitrogens with one attached hydrogen (secondary N) is 1. The number of hydrogen-bond donors (Lipinski definition) is 2. The van der Waals surface area contributed by atoms with Gasteiger partial charge in [-0.1, -0.05) is 28.1 Å². The molecule has 4 rings (SSSR count). The average Bonchev–Trinajstić information content (AvgIpc) is 2.95. The Labute approximate surface area is 150 Å². The molecule has 2 aromatic carbocycles. The molecule has 7 heteroatoms. The number of benzene rings is 2. The van der Waals surface area contributed by atoms with Crippen LogP contribution in [0.1, 0.15) is 11.1 Å². The third-order valence-corrected chi connectivity index (χ3v) is 4.45. The summed E-state index contributed by atoms with van der Waals surface area (Å²) in [7, 11) is 0. The van der Waals surface area contributed by atoms with Crippen molar-refractivity contribution in [1.29, 1.82) is 0 Å². The molecule has 0 aliphatic heterocycles. The van der Waals surface area contributed by atoms with Gasteiger partial charge in [0.25, 0.3) is 5.56 Å². The van der Waals surface area contributed by atoms with E-state index in [1.54, 1.807) is 18.2 Å². The molecule has 124 valence electrons. The lowest BCUT2D eigenvalue weighted by Gasteiger charge is -2.00. The van der Waals surface area contributed by atoms with E-state index in [2.05, 4.69) is 31.0 Å². The Morgan fingerprint density at radius 2 is 2.12 bits per heavy atom. The quantitative estimate of drug-likeness (QED) is 0.508. The van der Waals surface area contributed by atoms with Crippen molar-refractivity contribution in [3.05, 3.63) is 68.7 Å². The summed E-state index contributed by atoms with van der Waals surface area (Å²) >= 11 is 3.34. The van der Waals surface area contributed by atoms with Crippen molar-refractivity contribution in [2.45, 2.75) is 6.92 Å². The third-order valence-electron chi connectivity index (χ3n) is 3.96. The summed E-state index contributed by atoms with van der Waals surface area (Å²) in [6.07, 6.45) is 2.80. The van der Waals surface area contributed by atoms with Crippen LogP contribution in [0.5, 0.6) is 5.75 Å². The minimum Gasteiger partial charge on any atom is -0.507 e. The Hall–Kier alpha value is -2.93. The lowest BCUT2D eigenvalue weighted by Crippen LogP contribution is -2.17. The molecule has 0 aliphatic rings. The van der Waals surface area contributed by atoms with E-state index in [1.807, 2.05) is 25.1 Å². The first-order valence-corrected chi connectivity index (χ1v) is 8.35. The van der Waals surface area contributed by atoms with Crippen LogP contribution >= 0.6 is 15.9 Å². The maximum atomic E-state index is 12.7. The Bertz CT molecular complexity index is 1210. The smallest absolute Gasteiger partial charge is 0.298 e. The Morgan fingerprint density at radius 1 is 1.28 bits per heavy atom. The highest BCUT2D eigenvalue weighted by atomic mass is 79.9. The van der Waals surface area contributed by atoms with Crippen LogP contribution in [0.25, 0.3) is 21.9 Å². The molecule has 0 spiro atoms. The van der Waals surface area contributed by atoms with Gasteiger partial charge in [-0.3, -0.25) is 4.79 Å². The third kappa shape index (κ3) is 2.72. The van der Waals surface area contributed by atoms with E-state index in [0.717, 1.165) is 25.6 Å². The number of aromatic hydroxyl groups is 1. The van der Waals surface area contributed by atoms with Crippen molar-refractivity contribution in [1.82, 2.24) is 14.6 Å². The van der Waals surface area contributed by atoms with Crippen LogP contribution in [-0.2, 0) is 0 Å². The minimum absolute atomic E-state index is 0.0788. The highest BCUT2D eigenvalue weighted by Crippen LogP contribution is 2.22. The molecule has 2 aromatic heterocycles. The molecule has 0 unspecified atom stereocenters. The van der Waals surface area contributed by atoms with Crippen molar-refractivity contribution in [3.63, 3.8) is 0 Å². The first kappa shape index (κ1) is 15.6. The molecule has 0 saturated carbocycles. The van der Waals surface area contributed by atoms with Crippen molar-refractivity contribution >= 4 is 44.1 Å². The van der Waals surface area contributed by atoms with Crippen molar-refractivity contribution in [2.24, 2.45) is 5.10 Å². The van der Waals surface area contributed by atoms with Gasteiger partial charge in [0.15, 0.2) is 0 Å². The summed E-state index contributed by atoms with van der Waals surface area (Å²) in [4.78, 5) is 20.1. The minimum atomic E-state index is -0.301. The largest absolute Gasteiger partial charge is 0.507 e. The molecule has 25 heavy (non-hydrogen) atoms. The predicted molar refractivity (Wildman–Crippen MR) is 101 cm³/mol. The molecule has 0 amide bonds. The van der Waals surface area contributed by atoms with E-state index in [9.17, 15) is 9.90 Å². The summed E-state index contributed by atoms with van der Waals surface area (Å²) in [5.41, 5.74) is 3.18. The number of H-pyrrole nitrogens is 1. The molecule has 6 nitrogen and oxygen atoms in total. The number of halogens is 1. The molecule has 0 aliphatic carbocycles. The summed E-state index contributed by atoms with van der Waals surface area (Å²) in [5, 5.41) is 14.9. The molecule has 0 bridgehead atoms. The zero-order chi connectivity index (χ0) is 17.6. The Morgan fingerprint density at radius 3 is 2.96 bits per heavy atom. The highest BCUT2D eigenvalue weighted by Gasteiger charge is 2.10. The lowest BCUT2D eigenvalue weighted by molar-refractivity contribution is 0.474. The number of fused-ring (bicyclic) bond motifs is 3. The van der Waals surface area contributed by atoms with Gasteiger partial charge in [-0.15, -0.1) is 0 Å². The molecule has 0 radical (unpaired) electrons. The van der Waals surface area contributed by atoms with Gasteiger partial charge in [0, 0.05) is 20.9 Å². The maximum absolute atomic E-state index is 12.7. The second-order valence-corrected chi connectivity index (χ2v) is 6.66. The number of nitrogens with zero attached hydrogens (tertiary/aromatic N) is 3. The van der Waals surface area contributed by atoms with Gasteiger partial charge in [-0.05, 0) is 36.8 Å². The fourth-order valence-electron chi connectivity index (χ4n) is 2.70. The lowest BCUT2D eigenvalue weighted by atomic mass is 10.2. The van der Waals surface area contributed by atoms with Crippen LogP contribution in [-0.4, -0.2) is 26.0 Å². The topological polar surface area (TPSA) is 83.3 Å². The van der Waals surface area contributed by atoms with E-state index in [-0.39, 0.29) is 11.3 Å². The van der Waals surface area contributed by atoms with Crippen LogP contribution in [0.3, 0.4) is 0 Å². The Kier molecular flexibility index (Phi) is 3.65. The van der Waals surface area contributed by atoms with E-state index in [4.69, 9.17) is 0 Å². The van der Waals surface area contributed by atoms with Crippen LogP contribution < -0.4 is 5.56 Å². The zero-order valence-corrected chi connectivity index (χ0v) is 14.8. The first-order chi connectivity index (χ1) is 12.0. The number of phenols is 1. The first-order valence-electron chi connectivity index (χ1n) is 7.55. The van der Waals surface area contributed by atoms with Crippen LogP contribution in [0.2, 0.25) is 0 Å². The molecule has 0 atom stereocenters. The Balaban J connectivity index is 1.84. The van der Waals surface area contributed by atoms with Gasteiger partial charge >= 0.3 is 0 Å². The molecule has 4 aromatic rings. The second-order valence-electron chi connectivity index (χ2n) is 5.74. The van der Waals surface area contributed by atoms with Crippen molar-refractivity contribution < 1.29 is 5.11 Å². The van der Waals surface area contributed by atoms with Crippen LogP contribution in [0.4, 0.5) is 0 Å². The van der Waals surface area contributed by atoms with Crippen molar-refractivity contribution in [3.8, 4) is 5.75 Å². The fourth-order valence-corrected chi connectivity index (χ4v) is 3.08. The fraction of sp³-hybridized carbons (Fsp3) is 0.0556. The van der Waals surface area contributed by atoms with Gasteiger partial charge in [-0.25, -0.2) is 4.98 Å². The number of aryl methyl sites for hydroxylation is 1. The summed E-state index contributed by atoms with van der Waals surface area (Å²) < 4.78 is 1.95. The maximum Gasteiger partial charge on any atom is 0.298 e. The number of hydrogen-bond acceptors (Lipinski definition) is 4. The van der Waals surface area contributed by atoms with E-state index in [0.29, 0.717) is 16.6 Å². The van der Waals surface area contributed by atoms with E-state index >= 15 is 0 Å². The zero-order valence-electron chi connectivity index (χ0n) is 13.2. The van der Waals surface area contributed by atoms with E-state index < -0.39 is 0 Å². The van der Waals surface area contributed by atoms with Gasteiger partial charge in [0.1, 0.15) is 23.1 Å². The molecular formula is C18H13BrN4O2.